The van der Waals surface area contributed by atoms with Crippen LogP contribution in [0.1, 0.15) is 44.3 Å². The van der Waals surface area contributed by atoms with E-state index in [1.165, 1.54) is 0 Å². The lowest BCUT2D eigenvalue weighted by Gasteiger charge is -2.35. The lowest BCUT2D eigenvalue weighted by atomic mass is 9.83. The van der Waals surface area contributed by atoms with Crippen molar-refractivity contribution >= 4 is 11.6 Å². The van der Waals surface area contributed by atoms with Gasteiger partial charge in [0.25, 0.3) is 0 Å². The van der Waals surface area contributed by atoms with Crippen molar-refractivity contribution < 1.29 is 14.1 Å². The molecule has 28 heavy (non-hydrogen) atoms. The molecule has 1 unspecified atom stereocenters. The zero-order chi connectivity index (χ0) is 20.3. The summed E-state index contributed by atoms with van der Waals surface area (Å²) in [5.41, 5.74) is 8.79. The fourth-order valence-electron chi connectivity index (χ4n) is 3.78. The Morgan fingerprint density at radius 3 is 2.14 bits per heavy atom. The first-order valence-electron chi connectivity index (χ1n) is 9.92. The third-order valence-electron chi connectivity index (χ3n) is 5.85. The van der Waals surface area contributed by atoms with Crippen molar-refractivity contribution in [2.24, 2.45) is 5.73 Å². The first-order valence-corrected chi connectivity index (χ1v) is 9.92. The quantitative estimate of drug-likeness (QED) is 0.609. The molecular weight excluding hydrogens is 350 g/mol. The number of ketones is 2. The van der Waals surface area contributed by atoms with Gasteiger partial charge >= 0.3 is 0 Å². The Morgan fingerprint density at radius 2 is 1.54 bits per heavy atom. The molecule has 3 rings (SSSR count). The van der Waals surface area contributed by atoms with Gasteiger partial charge in [0.15, 0.2) is 11.6 Å². The third kappa shape index (κ3) is 4.07. The largest absolute Gasteiger partial charge is 0.329 e. The molecule has 0 spiro atoms. The van der Waals surface area contributed by atoms with E-state index in [2.05, 4.69) is 25.9 Å². The summed E-state index contributed by atoms with van der Waals surface area (Å²) in [6.07, 6.45) is 0. The predicted molar refractivity (Wildman–Crippen MR) is 112 cm³/mol. The number of quaternary nitrogens is 1. The van der Waals surface area contributed by atoms with Crippen LogP contribution in [0.25, 0.3) is 0 Å². The van der Waals surface area contributed by atoms with Crippen molar-refractivity contribution in [3.8, 4) is 0 Å². The van der Waals surface area contributed by atoms with E-state index in [0.717, 1.165) is 42.8 Å². The summed E-state index contributed by atoms with van der Waals surface area (Å²) in [6, 6.07) is 12.8. The average Bonchev–Trinajstić information content (AvgIpc) is 2.71. The van der Waals surface area contributed by atoms with Gasteiger partial charge in [-0.2, -0.15) is 0 Å². The van der Waals surface area contributed by atoms with Crippen molar-refractivity contribution in [1.82, 2.24) is 4.90 Å². The molecule has 0 heterocycles. The number of carbonyl (C=O) groups is 2. The molecule has 2 N–H and O–H groups in total. The zero-order valence-electron chi connectivity index (χ0n) is 17.1. The summed E-state index contributed by atoms with van der Waals surface area (Å²) < 4.78 is 0.867. The molecule has 1 aliphatic rings. The van der Waals surface area contributed by atoms with Crippen LogP contribution >= 0.6 is 0 Å². The lowest BCUT2D eigenvalue weighted by molar-refractivity contribution is -0.920. The molecular formula is C23H30N3O2+. The molecule has 0 aliphatic heterocycles. The highest BCUT2D eigenvalue weighted by Crippen LogP contribution is 2.28. The number of likely N-dealkylation sites (N-methyl/N-ethyl adjacent to an activating group) is 2. The standard InChI is InChI=1S/C23H30N3O2/c1-4-26(3,14-13-25(2)12-11-24)16-17-9-10-20-21(15-17)23(28)19-8-6-5-7-18(19)22(20)27/h5-10,15H,4,11-14,16,24H2,1-3H3/q+1. The molecule has 0 saturated heterocycles. The van der Waals surface area contributed by atoms with Crippen LogP contribution in [-0.4, -0.2) is 67.8 Å². The number of fused-ring (bicyclic) bond motifs is 2. The maximum Gasteiger partial charge on any atom is 0.194 e. The molecule has 0 radical (unpaired) electrons. The second kappa shape index (κ2) is 8.35. The van der Waals surface area contributed by atoms with Gasteiger partial charge in [-0.25, -0.2) is 0 Å². The first-order chi connectivity index (χ1) is 13.4. The van der Waals surface area contributed by atoms with Crippen LogP contribution in [0.3, 0.4) is 0 Å². The highest BCUT2D eigenvalue weighted by atomic mass is 16.1. The minimum Gasteiger partial charge on any atom is -0.329 e. The van der Waals surface area contributed by atoms with Crippen molar-refractivity contribution in [3.63, 3.8) is 0 Å². The lowest BCUT2D eigenvalue weighted by Crippen LogP contribution is -2.47. The molecule has 2 aromatic rings. The van der Waals surface area contributed by atoms with Gasteiger partial charge in [0, 0.05) is 47.5 Å². The summed E-state index contributed by atoms with van der Waals surface area (Å²) in [7, 11) is 4.32. The molecule has 1 aliphatic carbocycles. The summed E-state index contributed by atoms with van der Waals surface area (Å²) in [4.78, 5) is 28.0. The highest BCUT2D eigenvalue weighted by Gasteiger charge is 2.30. The maximum absolute atomic E-state index is 13.0. The summed E-state index contributed by atoms with van der Waals surface area (Å²) in [5, 5.41) is 0. The summed E-state index contributed by atoms with van der Waals surface area (Å²) in [6.45, 7) is 7.52. The van der Waals surface area contributed by atoms with Crippen molar-refractivity contribution in [1.29, 1.82) is 0 Å². The smallest absolute Gasteiger partial charge is 0.194 e. The number of hydrogen-bond acceptors (Lipinski definition) is 4. The number of rotatable bonds is 8. The minimum atomic E-state index is -0.0621. The van der Waals surface area contributed by atoms with Crippen molar-refractivity contribution in [2.75, 3.05) is 46.8 Å². The molecule has 1 atom stereocenters. The zero-order valence-corrected chi connectivity index (χ0v) is 17.1. The summed E-state index contributed by atoms with van der Waals surface area (Å²) in [5.74, 6) is -0.117. The molecule has 5 nitrogen and oxygen atoms in total. The van der Waals surface area contributed by atoms with Crippen LogP contribution in [-0.2, 0) is 6.54 Å². The Bertz CT molecular complexity index is 893. The molecule has 148 valence electrons. The SMILES string of the molecule is CC[N+](C)(CCN(C)CCN)Cc1ccc2c(c1)C(=O)c1ccccc1C2=O. The monoisotopic (exact) mass is 380 g/mol. The number of benzene rings is 2. The fraction of sp³-hybridized carbons (Fsp3) is 0.391. The maximum atomic E-state index is 13.0. The third-order valence-corrected chi connectivity index (χ3v) is 5.85. The molecule has 2 aromatic carbocycles. The average molecular weight is 381 g/mol. The Kier molecular flexibility index (Phi) is 6.08. The van der Waals surface area contributed by atoms with Crippen LogP contribution in [0.5, 0.6) is 0 Å². The highest BCUT2D eigenvalue weighted by molar-refractivity contribution is 6.28. The molecule has 0 bridgehead atoms. The topological polar surface area (TPSA) is 63.4 Å². The van der Waals surface area contributed by atoms with Gasteiger partial charge in [0.2, 0.25) is 0 Å². The number of nitrogens with two attached hydrogens (primary N) is 1. The van der Waals surface area contributed by atoms with E-state index in [9.17, 15) is 9.59 Å². The normalized spacial score (nSPS) is 15.3. The minimum absolute atomic E-state index is 0.0552. The van der Waals surface area contributed by atoms with Gasteiger partial charge in [-0.15, -0.1) is 0 Å². The Balaban J connectivity index is 1.83. The number of carbonyl (C=O) groups excluding carboxylic acids is 2. The molecule has 0 amide bonds. The molecule has 0 saturated carbocycles. The number of nitrogens with zero attached hydrogens (tertiary/aromatic N) is 2. The van der Waals surface area contributed by atoms with Gasteiger partial charge < -0.3 is 10.2 Å². The van der Waals surface area contributed by atoms with E-state index in [-0.39, 0.29) is 11.6 Å². The van der Waals surface area contributed by atoms with Crippen molar-refractivity contribution in [3.05, 3.63) is 70.3 Å². The fourth-order valence-corrected chi connectivity index (χ4v) is 3.78. The van der Waals surface area contributed by atoms with Gasteiger partial charge in [-0.3, -0.25) is 14.5 Å². The van der Waals surface area contributed by atoms with Crippen LogP contribution in [0, 0.1) is 0 Å². The molecule has 0 fully saturated rings. The van der Waals surface area contributed by atoms with Gasteiger partial charge in [-0.1, -0.05) is 30.3 Å². The second-order valence-electron chi connectivity index (χ2n) is 7.99. The van der Waals surface area contributed by atoms with E-state index < -0.39 is 0 Å². The van der Waals surface area contributed by atoms with Crippen LogP contribution < -0.4 is 5.73 Å². The van der Waals surface area contributed by atoms with Crippen molar-refractivity contribution in [2.45, 2.75) is 13.5 Å². The molecule has 0 aromatic heterocycles. The first kappa shape index (κ1) is 20.4. The van der Waals surface area contributed by atoms with E-state index in [1.807, 2.05) is 24.3 Å². The Hall–Kier alpha value is -2.34. The summed E-state index contributed by atoms with van der Waals surface area (Å²) >= 11 is 0. The van der Waals surface area contributed by atoms with Crippen LogP contribution in [0.2, 0.25) is 0 Å². The second-order valence-corrected chi connectivity index (χ2v) is 7.99. The Labute approximate surface area is 167 Å². The van der Waals surface area contributed by atoms with E-state index in [4.69, 9.17) is 5.73 Å². The van der Waals surface area contributed by atoms with Gasteiger partial charge in [0.1, 0.15) is 6.54 Å². The van der Waals surface area contributed by atoms with Gasteiger partial charge in [-0.05, 0) is 26.1 Å². The molecule has 5 heteroatoms. The predicted octanol–water partition coefficient (Wildman–Crippen LogP) is 2.32. The number of hydrogen-bond donors (Lipinski definition) is 1. The van der Waals surface area contributed by atoms with Crippen LogP contribution in [0.15, 0.2) is 42.5 Å². The van der Waals surface area contributed by atoms with Crippen LogP contribution in [0.4, 0.5) is 0 Å². The van der Waals surface area contributed by atoms with E-state index in [0.29, 0.717) is 28.8 Å². The Morgan fingerprint density at radius 1 is 0.929 bits per heavy atom. The van der Waals surface area contributed by atoms with Gasteiger partial charge in [0.05, 0.1) is 20.1 Å². The van der Waals surface area contributed by atoms with E-state index >= 15 is 0 Å². The van der Waals surface area contributed by atoms with E-state index in [1.54, 1.807) is 18.2 Å².